The van der Waals surface area contributed by atoms with Crippen LogP contribution in [0.5, 0.6) is 0 Å². The zero-order chi connectivity index (χ0) is 20.1. The minimum absolute atomic E-state index is 0.0653. The van der Waals surface area contributed by atoms with Gasteiger partial charge in [0.15, 0.2) is 5.11 Å². The Bertz CT molecular complexity index is 935. The van der Waals surface area contributed by atoms with Crippen molar-refractivity contribution in [2.24, 2.45) is 0 Å². The number of nitrogens with one attached hydrogen (secondary N) is 2. The predicted molar refractivity (Wildman–Crippen MR) is 113 cm³/mol. The number of methoxy groups -OCH3 is 1. The van der Waals surface area contributed by atoms with Crippen molar-refractivity contribution in [3.8, 4) is 0 Å². The molecule has 0 saturated carbocycles. The lowest BCUT2D eigenvalue weighted by Gasteiger charge is -2.08. The summed E-state index contributed by atoms with van der Waals surface area (Å²) in [6.45, 7) is 3.80. The zero-order valence-electron chi connectivity index (χ0n) is 16.0. The van der Waals surface area contributed by atoms with Crippen LogP contribution < -0.4 is 10.6 Å². The maximum absolute atomic E-state index is 12.5. The van der Waals surface area contributed by atoms with Gasteiger partial charge in [-0.3, -0.25) is 14.5 Å². The van der Waals surface area contributed by atoms with E-state index >= 15 is 0 Å². The molecule has 0 atom stereocenters. The summed E-state index contributed by atoms with van der Waals surface area (Å²) < 4.78 is 6.88. The lowest BCUT2D eigenvalue weighted by atomic mass is 10.1. The van der Waals surface area contributed by atoms with Crippen LogP contribution in [0.4, 0.5) is 0 Å². The monoisotopic (exact) mass is 400 g/mol. The molecule has 0 aliphatic carbocycles. The third-order valence-electron chi connectivity index (χ3n) is 4.56. The van der Waals surface area contributed by atoms with E-state index in [1.165, 1.54) is 4.90 Å². The van der Waals surface area contributed by atoms with Crippen LogP contribution in [0.2, 0.25) is 0 Å². The van der Waals surface area contributed by atoms with Gasteiger partial charge in [0, 0.05) is 49.5 Å². The second-order valence-corrected chi connectivity index (χ2v) is 6.85. The van der Waals surface area contributed by atoms with E-state index in [1.807, 2.05) is 42.0 Å². The van der Waals surface area contributed by atoms with Gasteiger partial charge in [0.2, 0.25) is 5.91 Å². The van der Waals surface area contributed by atoms with Gasteiger partial charge >= 0.3 is 0 Å². The van der Waals surface area contributed by atoms with E-state index in [0.29, 0.717) is 30.5 Å². The van der Waals surface area contributed by atoms with Crippen LogP contribution >= 0.6 is 12.2 Å². The van der Waals surface area contributed by atoms with Gasteiger partial charge in [-0.2, -0.15) is 0 Å². The van der Waals surface area contributed by atoms with Crippen molar-refractivity contribution in [2.45, 2.75) is 19.9 Å². The summed E-state index contributed by atoms with van der Waals surface area (Å²) in [7, 11) is 1.64. The minimum Gasteiger partial charge on any atom is -0.385 e. The maximum atomic E-state index is 12.5. The molecule has 2 aromatic rings. The Labute approximate surface area is 169 Å². The van der Waals surface area contributed by atoms with Crippen molar-refractivity contribution in [3.63, 3.8) is 0 Å². The second kappa shape index (κ2) is 8.99. The number of aromatic nitrogens is 1. The highest BCUT2D eigenvalue weighted by Gasteiger charge is 2.29. The first-order valence-electron chi connectivity index (χ1n) is 9.23. The van der Waals surface area contributed by atoms with E-state index in [1.54, 1.807) is 13.2 Å². The van der Waals surface area contributed by atoms with Crippen LogP contribution in [0.25, 0.3) is 17.0 Å². The van der Waals surface area contributed by atoms with E-state index in [4.69, 9.17) is 17.0 Å². The number of hydrogen-bond acceptors (Lipinski definition) is 4. The summed E-state index contributed by atoms with van der Waals surface area (Å²) >= 11 is 5.21. The fourth-order valence-corrected chi connectivity index (χ4v) is 3.51. The number of carbonyl (C=O) groups excluding carboxylic acids is 2. The van der Waals surface area contributed by atoms with Crippen molar-refractivity contribution in [3.05, 3.63) is 41.7 Å². The van der Waals surface area contributed by atoms with Crippen LogP contribution in [0.15, 0.2) is 36.2 Å². The van der Waals surface area contributed by atoms with Gasteiger partial charge in [0.25, 0.3) is 5.91 Å². The molecule has 28 heavy (non-hydrogen) atoms. The maximum Gasteiger partial charge on any atom is 0.276 e. The normalized spacial score (nSPS) is 15.5. The van der Waals surface area contributed by atoms with E-state index in [0.717, 1.165) is 22.9 Å². The lowest BCUT2D eigenvalue weighted by molar-refractivity contribution is -0.122. The molecular weight excluding hydrogens is 376 g/mol. The number of para-hydroxylation sites is 1. The molecule has 1 aliphatic heterocycles. The molecule has 1 aromatic carbocycles. The molecule has 0 unspecified atom stereocenters. The first-order valence-corrected chi connectivity index (χ1v) is 9.64. The Kier molecular flexibility index (Phi) is 6.43. The number of nitrogens with zero attached hydrogens (tertiary/aromatic N) is 2. The Morgan fingerprint density at radius 2 is 2.14 bits per heavy atom. The lowest BCUT2D eigenvalue weighted by Crippen LogP contribution is -2.30. The number of ether oxygens (including phenoxy) is 1. The quantitative estimate of drug-likeness (QED) is 0.402. The summed E-state index contributed by atoms with van der Waals surface area (Å²) in [6.07, 6.45) is 4.45. The van der Waals surface area contributed by atoms with Gasteiger partial charge in [0.05, 0.1) is 0 Å². The highest BCUT2D eigenvalue weighted by molar-refractivity contribution is 7.80. The molecule has 0 bridgehead atoms. The molecule has 3 rings (SSSR count). The van der Waals surface area contributed by atoms with Crippen molar-refractivity contribution in [1.82, 2.24) is 20.1 Å². The topological polar surface area (TPSA) is 75.6 Å². The summed E-state index contributed by atoms with van der Waals surface area (Å²) in [4.78, 5) is 26.3. The molecule has 2 N–H and O–H groups in total. The fraction of sp³-hybridized carbons (Fsp3) is 0.350. The number of thiocarbonyl (C=S) groups is 1. The van der Waals surface area contributed by atoms with E-state index < -0.39 is 0 Å². The SMILES string of the molecule is CCN1C(=O)/C(=C/c2cn(CC(=O)NCCCOC)c3ccccc23)NC1=S. The van der Waals surface area contributed by atoms with Crippen molar-refractivity contribution in [2.75, 3.05) is 26.8 Å². The number of benzene rings is 1. The van der Waals surface area contributed by atoms with E-state index in [2.05, 4.69) is 10.6 Å². The smallest absolute Gasteiger partial charge is 0.276 e. The van der Waals surface area contributed by atoms with Crippen LogP contribution in [0.1, 0.15) is 18.9 Å². The molecule has 1 saturated heterocycles. The molecule has 0 radical (unpaired) electrons. The van der Waals surface area contributed by atoms with Crippen LogP contribution in [-0.4, -0.2) is 53.2 Å². The molecule has 8 heteroatoms. The summed E-state index contributed by atoms with van der Waals surface area (Å²) in [5.74, 6) is -0.204. The fourth-order valence-electron chi connectivity index (χ4n) is 3.19. The minimum atomic E-state index is -0.139. The van der Waals surface area contributed by atoms with Crippen molar-refractivity contribution in [1.29, 1.82) is 0 Å². The second-order valence-electron chi connectivity index (χ2n) is 6.46. The summed E-state index contributed by atoms with van der Waals surface area (Å²) in [6, 6.07) is 7.80. The van der Waals surface area contributed by atoms with Crippen molar-refractivity contribution >= 4 is 46.1 Å². The Balaban J connectivity index is 1.83. The number of likely N-dealkylation sites (N-methyl/N-ethyl adjacent to an activating group) is 1. The number of hydrogen-bond donors (Lipinski definition) is 2. The third kappa shape index (κ3) is 4.23. The van der Waals surface area contributed by atoms with Crippen LogP contribution in [0, 0.1) is 0 Å². The number of rotatable bonds is 8. The van der Waals surface area contributed by atoms with Gasteiger partial charge in [-0.05, 0) is 37.7 Å². The van der Waals surface area contributed by atoms with E-state index in [9.17, 15) is 9.59 Å². The van der Waals surface area contributed by atoms with Crippen LogP contribution in [0.3, 0.4) is 0 Å². The van der Waals surface area contributed by atoms with Crippen LogP contribution in [-0.2, 0) is 20.9 Å². The zero-order valence-corrected chi connectivity index (χ0v) is 16.8. The highest BCUT2D eigenvalue weighted by atomic mass is 32.1. The summed E-state index contributed by atoms with van der Waals surface area (Å²) in [5.41, 5.74) is 2.24. The van der Waals surface area contributed by atoms with Gasteiger partial charge in [-0.1, -0.05) is 18.2 Å². The molecule has 7 nitrogen and oxygen atoms in total. The predicted octanol–water partition coefficient (Wildman–Crippen LogP) is 1.87. The Morgan fingerprint density at radius 3 is 2.86 bits per heavy atom. The number of amides is 2. The standard InChI is InChI=1S/C20H24N4O3S/c1-3-24-19(26)16(22-20(24)28)11-14-12-23(17-8-5-4-7-15(14)17)13-18(25)21-9-6-10-27-2/h4-5,7-8,11-12H,3,6,9-10,13H2,1-2H3,(H,21,25)(H,22,28)/b16-11-. The van der Waals surface area contributed by atoms with Gasteiger partial charge < -0.3 is 19.9 Å². The summed E-state index contributed by atoms with van der Waals surface area (Å²) in [5, 5.41) is 7.25. The van der Waals surface area contributed by atoms with E-state index in [-0.39, 0.29) is 18.4 Å². The molecule has 1 fully saturated rings. The first kappa shape index (κ1) is 20.0. The number of fused-ring (bicyclic) bond motifs is 1. The molecule has 1 aliphatic rings. The molecule has 2 amide bonds. The van der Waals surface area contributed by atoms with Gasteiger partial charge in [-0.15, -0.1) is 0 Å². The third-order valence-corrected chi connectivity index (χ3v) is 4.88. The largest absolute Gasteiger partial charge is 0.385 e. The Morgan fingerprint density at radius 1 is 1.36 bits per heavy atom. The molecule has 0 spiro atoms. The van der Waals surface area contributed by atoms with Gasteiger partial charge in [-0.25, -0.2) is 0 Å². The van der Waals surface area contributed by atoms with Gasteiger partial charge in [0.1, 0.15) is 12.2 Å². The Hall–Kier alpha value is -2.71. The molecule has 1 aromatic heterocycles. The average Bonchev–Trinajstić information content (AvgIpc) is 3.16. The van der Waals surface area contributed by atoms with Crippen molar-refractivity contribution < 1.29 is 14.3 Å². The highest BCUT2D eigenvalue weighted by Crippen LogP contribution is 2.24. The molecule has 148 valence electrons. The average molecular weight is 401 g/mol. The molecular formula is C20H24N4O3S. The first-order chi connectivity index (χ1) is 13.5. The molecule has 2 heterocycles. The number of carbonyl (C=O) groups is 2.